The largest absolute Gasteiger partial charge is 0.399 e. The highest BCUT2D eigenvalue weighted by atomic mass is 35.5. The van der Waals surface area contributed by atoms with Crippen LogP contribution in [-0.2, 0) is 4.79 Å². The van der Waals surface area contributed by atoms with Gasteiger partial charge in [0.05, 0.1) is 10.7 Å². The number of carbonyl (C=O) groups is 1. The second-order valence-electron chi connectivity index (χ2n) is 5.17. The molecule has 0 radical (unpaired) electrons. The zero-order valence-corrected chi connectivity index (χ0v) is 13.1. The molecule has 0 spiro atoms. The summed E-state index contributed by atoms with van der Waals surface area (Å²) >= 11 is 7.96. The van der Waals surface area contributed by atoms with E-state index in [4.69, 9.17) is 17.3 Å². The second kappa shape index (κ2) is 7.79. The minimum Gasteiger partial charge on any atom is -0.399 e. The van der Waals surface area contributed by atoms with Crippen LogP contribution in [0.15, 0.2) is 18.2 Å². The highest BCUT2D eigenvalue weighted by Gasteiger charge is 2.14. The van der Waals surface area contributed by atoms with Gasteiger partial charge < -0.3 is 11.1 Å². The molecular weight excluding hydrogens is 292 g/mol. The number of halogens is 1. The third-order valence-electron chi connectivity index (χ3n) is 3.50. The highest BCUT2D eigenvalue weighted by molar-refractivity contribution is 7.99. The van der Waals surface area contributed by atoms with E-state index in [9.17, 15) is 4.79 Å². The molecule has 0 saturated heterocycles. The van der Waals surface area contributed by atoms with Gasteiger partial charge in [-0.05, 0) is 31.0 Å². The summed E-state index contributed by atoms with van der Waals surface area (Å²) in [6.45, 7) is 0. The van der Waals surface area contributed by atoms with Crippen molar-refractivity contribution >= 4 is 40.6 Å². The number of amides is 1. The Balaban J connectivity index is 1.72. The van der Waals surface area contributed by atoms with Gasteiger partial charge in [-0.1, -0.05) is 30.9 Å². The molecule has 110 valence electrons. The van der Waals surface area contributed by atoms with Crippen molar-refractivity contribution in [2.24, 2.45) is 0 Å². The number of hydrogen-bond donors (Lipinski definition) is 2. The fourth-order valence-corrected chi connectivity index (χ4v) is 3.93. The van der Waals surface area contributed by atoms with Gasteiger partial charge in [-0.25, -0.2) is 0 Å². The van der Waals surface area contributed by atoms with Crippen LogP contribution in [0.4, 0.5) is 11.4 Å². The van der Waals surface area contributed by atoms with Crippen LogP contribution in [0.25, 0.3) is 0 Å². The summed E-state index contributed by atoms with van der Waals surface area (Å²) in [6.07, 6.45) is 7.18. The van der Waals surface area contributed by atoms with E-state index in [1.165, 1.54) is 32.1 Å². The monoisotopic (exact) mass is 312 g/mol. The standard InChI is InChI=1S/C15H21ClN2OS/c16-13-10-11(17)6-7-14(13)18-15(19)8-9-20-12-4-2-1-3-5-12/h6-7,10,12H,1-5,8-9,17H2,(H,18,19). The number of nitrogens with one attached hydrogen (secondary N) is 1. The van der Waals surface area contributed by atoms with Crippen LogP contribution in [0.1, 0.15) is 38.5 Å². The minimum absolute atomic E-state index is 0.0139. The van der Waals surface area contributed by atoms with E-state index < -0.39 is 0 Å². The van der Waals surface area contributed by atoms with Gasteiger partial charge in [-0.3, -0.25) is 4.79 Å². The fraction of sp³-hybridized carbons (Fsp3) is 0.533. The van der Waals surface area contributed by atoms with Gasteiger partial charge in [0.2, 0.25) is 5.91 Å². The summed E-state index contributed by atoms with van der Waals surface area (Å²) in [5, 5.41) is 4.07. The normalized spacial score (nSPS) is 16.1. The zero-order valence-electron chi connectivity index (χ0n) is 11.5. The number of thioether (sulfide) groups is 1. The van der Waals surface area contributed by atoms with Crippen LogP contribution in [0.2, 0.25) is 5.02 Å². The van der Waals surface area contributed by atoms with Crippen LogP contribution < -0.4 is 11.1 Å². The lowest BCUT2D eigenvalue weighted by atomic mass is 10.0. The van der Waals surface area contributed by atoms with Crippen molar-refractivity contribution in [3.8, 4) is 0 Å². The maximum atomic E-state index is 11.9. The predicted molar refractivity (Wildman–Crippen MR) is 88.4 cm³/mol. The van der Waals surface area contributed by atoms with Gasteiger partial charge in [0, 0.05) is 23.1 Å². The van der Waals surface area contributed by atoms with Crippen LogP contribution in [0, 0.1) is 0 Å². The van der Waals surface area contributed by atoms with E-state index in [0.717, 1.165) is 11.0 Å². The molecule has 0 unspecified atom stereocenters. The van der Waals surface area contributed by atoms with E-state index in [0.29, 0.717) is 22.8 Å². The van der Waals surface area contributed by atoms with E-state index in [-0.39, 0.29) is 5.91 Å². The molecule has 1 amide bonds. The molecule has 0 heterocycles. The molecule has 20 heavy (non-hydrogen) atoms. The summed E-state index contributed by atoms with van der Waals surface area (Å²) < 4.78 is 0. The zero-order chi connectivity index (χ0) is 14.4. The molecule has 2 rings (SSSR count). The molecule has 3 N–H and O–H groups in total. The third-order valence-corrected chi connectivity index (χ3v) is 5.20. The molecule has 1 aromatic rings. The van der Waals surface area contributed by atoms with Gasteiger partial charge in [-0.2, -0.15) is 11.8 Å². The molecule has 1 fully saturated rings. The Labute approximate surface area is 129 Å². The first-order chi connectivity index (χ1) is 9.65. The Hall–Kier alpha value is -0.870. The summed E-state index contributed by atoms with van der Waals surface area (Å²) in [4.78, 5) is 11.9. The van der Waals surface area contributed by atoms with Crippen molar-refractivity contribution in [2.45, 2.75) is 43.8 Å². The van der Waals surface area contributed by atoms with Crippen molar-refractivity contribution in [1.29, 1.82) is 0 Å². The van der Waals surface area contributed by atoms with E-state index >= 15 is 0 Å². The van der Waals surface area contributed by atoms with Crippen molar-refractivity contribution in [1.82, 2.24) is 0 Å². The maximum Gasteiger partial charge on any atom is 0.225 e. The molecular formula is C15H21ClN2OS. The Morgan fingerprint density at radius 1 is 1.35 bits per heavy atom. The molecule has 5 heteroatoms. The van der Waals surface area contributed by atoms with Crippen LogP contribution in [-0.4, -0.2) is 16.9 Å². The summed E-state index contributed by atoms with van der Waals surface area (Å²) in [5.74, 6) is 0.892. The van der Waals surface area contributed by atoms with Crippen molar-refractivity contribution in [2.75, 3.05) is 16.8 Å². The summed E-state index contributed by atoms with van der Waals surface area (Å²) in [6, 6.07) is 5.12. The van der Waals surface area contributed by atoms with Gasteiger partial charge in [0.15, 0.2) is 0 Å². The van der Waals surface area contributed by atoms with E-state index in [1.807, 2.05) is 11.8 Å². The first-order valence-corrected chi connectivity index (χ1v) is 8.54. The first-order valence-electron chi connectivity index (χ1n) is 7.11. The smallest absolute Gasteiger partial charge is 0.225 e. The Morgan fingerprint density at radius 3 is 2.80 bits per heavy atom. The molecule has 1 saturated carbocycles. The molecule has 0 aromatic heterocycles. The van der Waals surface area contributed by atoms with Crippen molar-refractivity contribution < 1.29 is 4.79 Å². The average molecular weight is 313 g/mol. The van der Waals surface area contributed by atoms with Crippen molar-refractivity contribution in [3.63, 3.8) is 0 Å². The number of nitrogen functional groups attached to an aromatic ring is 1. The molecule has 1 aliphatic rings. The van der Waals surface area contributed by atoms with Crippen molar-refractivity contribution in [3.05, 3.63) is 23.2 Å². The summed E-state index contributed by atoms with van der Waals surface area (Å²) in [7, 11) is 0. The third kappa shape index (κ3) is 4.91. The maximum absolute atomic E-state index is 11.9. The number of nitrogens with two attached hydrogens (primary N) is 1. The van der Waals surface area contributed by atoms with E-state index in [1.54, 1.807) is 18.2 Å². The minimum atomic E-state index is 0.0139. The van der Waals surface area contributed by atoms with Gasteiger partial charge >= 0.3 is 0 Å². The molecule has 1 aliphatic carbocycles. The first kappa shape index (κ1) is 15.5. The van der Waals surface area contributed by atoms with Gasteiger partial charge in [0.25, 0.3) is 0 Å². The Bertz CT molecular complexity index is 461. The predicted octanol–water partition coefficient (Wildman–Crippen LogP) is 4.32. The van der Waals surface area contributed by atoms with Gasteiger partial charge in [0.1, 0.15) is 0 Å². The topological polar surface area (TPSA) is 55.1 Å². The number of hydrogen-bond acceptors (Lipinski definition) is 3. The second-order valence-corrected chi connectivity index (χ2v) is 6.98. The van der Waals surface area contributed by atoms with Crippen LogP contribution in [0.5, 0.6) is 0 Å². The number of carbonyl (C=O) groups excluding carboxylic acids is 1. The number of benzene rings is 1. The lowest BCUT2D eigenvalue weighted by Gasteiger charge is -2.20. The Morgan fingerprint density at radius 2 is 2.10 bits per heavy atom. The number of rotatable bonds is 5. The lowest BCUT2D eigenvalue weighted by Crippen LogP contribution is -2.14. The number of anilines is 2. The molecule has 0 atom stereocenters. The molecule has 1 aromatic carbocycles. The highest BCUT2D eigenvalue weighted by Crippen LogP contribution is 2.29. The average Bonchev–Trinajstić information content (AvgIpc) is 2.43. The summed E-state index contributed by atoms with van der Waals surface area (Å²) in [5.41, 5.74) is 6.85. The SMILES string of the molecule is Nc1ccc(NC(=O)CCSC2CCCCC2)c(Cl)c1. The fourth-order valence-electron chi connectivity index (χ4n) is 2.40. The van der Waals surface area contributed by atoms with Crippen LogP contribution in [0.3, 0.4) is 0 Å². The molecule has 0 bridgehead atoms. The van der Waals surface area contributed by atoms with E-state index in [2.05, 4.69) is 5.32 Å². The molecule has 0 aliphatic heterocycles. The van der Waals surface area contributed by atoms with Crippen LogP contribution >= 0.6 is 23.4 Å². The Kier molecular flexibility index (Phi) is 6.05. The van der Waals surface area contributed by atoms with Gasteiger partial charge in [-0.15, -0.1) is 0 Å². The lowest BCUT2D eigenvalue weighted by molar-refractivity contribution is -0.115. The molecule has 3 nitrogen and oxygen atoms in total. The quantitative estimate of drug-likeness (QED) is 0.796.